The molecule has 1 aromatic heterocycles. The molecule has 0 amide bonds. The van der Waals surface area contributed by atoms with E-state index in [9.17, 15) is 9.90 Å². The Morgan fingerprint density at radius 3 is 2.71 bits per heavy atom. The number of benzene rings is 1. The van der Waals surface area contributed by atoms with Crippen LogP contribution in [0.3, 0.4) is 0 Å². The number of piperidine rings is 1. The van der Waals surface area contributed by atoms with Crippen molar-refractivity contribution in [2.75, 3.05) is 49.7 Å². The first-order valence-corrected chi connectivity index (χ1v) is 13.6. The highest BCUT2D eigenvalue weighted by molar-refractivity contribution is 7.98. The van der Waals surface area contributed by atoms with E-state index in [4.69, 9.17) is 4.74 Å². The molecule has 7 nitrogen and oxygen atoms in total. The van der Waals surface area contributed by atoms with Gasteiger partial charge in [-0.15, -0.1) is 0 Å². The number of nitrogens with zero attached hydrogens (tertiary/aromatic N) is 3. The molecule has 3 rings (SSSR count). The van der Waals surface area contributed by atoms with Crippen LogP contribution in [0.2, 0.25) is 0 Å². The van der Waals surface area contributed by atoms with Crippen LogP contribution in [0.15, 0.2) is 48.7 Å². The summed E-state index contributed by atoms with van der Waals surface area (Å²) < 4.78 is 6.07. The van der Waals surface area contributed by atoms with E-state index in [1.165, 1.54) is 5.56 Å². The average molecular weight is 487 g/mol. The van der Waals surface area contributed by atoms with Crippen LogP contribution in [0.25, 0.3) is 0 Å². The molecule has 1 aromatic carbocycles. The van der Waals surface area contributed by atoms with Gasteiger partial charge in [0.15, 0.2) is 11.6 Å². The molecule has 0 spiro atoms. The number of hydrogen-bond acceptors (Lipinski definition) is 7. The van der Waals surface area contributed by atoms with Crippen LogP contribution >= 0.6 is 11.8 Å². The van der Waals surface area contributed by atoms with E-state index in [2.05, 4.69) is 57.4 Å². The number of carboxylic acid groups (broad SMARTS) is 1. The van der Waals surface area contributed by atoms with Crippen molar-refractivity contribution >= 4 is 23.5 Å². The fourth-order valence-electron chi connectivity index (χ4n) is 4.46. The zero-order valence-corrected chi connectivity index (χ0v) is 21.2. The maximum absolute atomic E-state index is 11.4. The molecule has 34 heavy (non-hydrogen) atoms. The van der Waals surface area contributed by atoms with Gasteiger partial charge in [0.2, 0.25) is 0 Å². The average Bonchev–Trinajstić information content (AvgIpc) is 2.86. The molecule has 2 aromatic rings. The van der Waals surface area contributed by atoms with Crippen molar-refractivity contribution in [3.8, 4) is 5.75 Å². The largest absolute Gasteiger partial charge is 0.488 e. The van der Waals surface area contributed by atoms with Crippen LogP contribution in [-0.2, 0) is 11.3 Å². The van der Waals surface area contributed by atoms with Crippen LogP contribution in [-0.4, -0.2) is 77.8 Å². The summed E-state index contributed by atoms with van der Waals surface area (Å²) >= 11 is 1.65. The predicted molar refractivity (Wildman–Crippen MR) is 140 cm³/mol. The summed E-state index contributed by atoms with van der Waals surface area (Å²) in [6, 6.07) is 14.4. The molecule has 1 saturated heterocycles. The molecule has 0 bridgehead atoms. The van der Waals surface area contributed by atoms with Gasteiger partial charge in [0.25, 0.3) is 0 Å². The van der Waals surface area contributed by atoms with E-state index < -0.39 is 12.0 Å². The number of carbonyl (C=O) groups is 1. The molecular weight excluding hydrogens is 448 g/mol. The Morgan fingerprint density at radius 2 is 2.03 bits per heavy atom. The number of anilines is 1. The van der Waals surface area contributed by atoms with E-state index >= 15 is 0 Å². The van der Waals surface area contributed by atoms with Gasteiger partial charge in [-0.1, -0.05) is 30.3 Å². The summed E-state index contributed by atoms with van der Waals surface area (Å²) in [4.78, 5) is 21.0. The summed E-state index contributed by atoms with van der Waals surface area (Å²) in [6.45, 7) is 7.03. The molecule has 186 valence electrons. The molecule has 8 heteroatoms. The Labute approximate surface area is 207 Å². The molecule has 1 atom stereocenters. The number of likely N-dealkylation sites (tertiary alicyclic amines) is 1. The zero-order valence-electron chi connectivity index (χ0n) is 20.4. The fourth-order valence-corrected chi connectivity index (χ4v) is 4.94. The van der Waals surface area contributed by atoms with E-state index in [1.807, 2.05) is 24.6 Å². The highest BCUT2D eigenvalue weighted by Crippen LogP contribution is 2.30. The minimum atomic E-state index is -0.813. The van der Waals surface area contributed by atoms with Crippen molar-refractivity contribution < 1.29 is 14.6 Å². The van der Waals surface area contributed by atoms with Crippen molar-refractivity contribution in [1.82, 2.24) is 15.2 Å². The normalized spacial score (nSPS) is 15.7. The SMILES string of the molecule is CCN(c1ncccc1OCCN[C@@H](CCSC)C(=O)O)C1CCN(Cc2ccccc2)CC1. The predicted octanol–water partition coefficient (Wildman–Crippen LogP) is 3.75. The van der Waals surface area contributed by atoms with Gasteiger partial charge in [-0.25, -0.2) is 4.98 Å². The third-order valence-corrected chi connectivity index (χ3v) is 6.91. The first-order chi connectivity index (χ1) is 16.6. The number of rotatable bonds is 14. The first-order valence-electron chi connectivity index (χ1n) is 12.2. The Bertz CT molecular complexity index is 862. The number of ether oxygens (including phenoxy) is 1. The standard InChI is InChI=1S/C26H38N4O3S/c1-3-30(22-11-16-29(17-12-22)20-21-8-5-4-6-9-21)25-24(10-7-14-28-25)33-18-15-27-23(26(31)32)13-19-34-2/h4-10,14,22-23,27H,3,11-13,15-20H2,1-2H3,(H,31,32)/t23-/m0/s1. The zero-order chi connectivity index (χ0) is 24.2. The van der Waals surface area contributed by atoms with E-state index in [-0.39, 0.29) is 0 Å². The molecule has 2 N–H and O–H groups in total. The first kappa shape index (κ1) is 26.3. The number of aliphatic carboxylic acids is 1. The van der Waals surface area contributed by atoms with Crippen LogP contribution in [0.5, 0.6) is 5.75 Å². The highest BCUT2D eigenvalue weighted by atomic mass is 32.2. The Hall–Kier alpha value is -2.29. The van der Waals surface area contributed by atoms with Crippen LogP contribution < -0.4 is 15.0 Å². The Kier molecular flexibility index (Phi) is 11.0. The second kappa shape index (κ2) is 14.2. The highest BCUT2D eigenvalue weighted by Gasteiger charge is 2.26. The fraction of sp³-hybridized carbons (Fsp3) is 0.538. The number of thioether (sulfide) groups is 1. The van der Waals surface area contributed by atoms with Crippen LogP contribution in [0, 0.1) is 0 Å². The number of aromatic nitrogens is 1. The van der Waals surface area contributed by atoms with Crippen molar-refractivity contribution in [2.45, 2.75) is 44.8 Å². The Morgan fingerprint density at radius 1 is 1.26 bits per heavy atom. The van der Waals surface area contributed by atoms with Crippen molar-refractivity contribution in [1.29, 1.82) is 0 Å². The van der Waals surface area contributed by atoms with Gasteiger partial charge >= 0.3 is 5.97 Å². The minimum Gasteiger partial charge on any atom is -0.488 e. The minimum absolute atomic E-state index is 0.398. The molecule has 0 saturated carbocycles. The summed E-state index contributed by atoms with van der Waals surface area (Å²) in [7, 11) is 0. The second-order valence-electron chi connectivity index (χ2n) is 8.58. The summed E-state index contributed by atoms with van der Waals surface area (Å²) in [5.41, 5.74) is 1.36. The van der Waals surface area contributed by atoms with Crippen LogP contribution in [0.1, 0.15) is 31.7 Å². The van der Waals surface area contributed by atoms with Gasteiger partial charge in [0.05, 0.1) is 0 Å². The molecule has 1 aliphatic rings. The van der Waals surface area contributed by atoms with Crippen molar-refractivity contribution in [3.05, 3.63) is 54.2 Å². The van der Waals surface area contributed by atoms with Gasteiger partial charge in [-0.05, 0) is 55.9 Å². The third kappa shape index (κ3) is 7.89. The number of pyridine rings is 1. The maximum Gasteiger partial charge on any atom is 0.320 e. The number of carboxylic acids is 1. The van der Waals surface area contributed by atoms with Crippen molar-refractivity contribution in [2.24, 2.45) is 0 Å². The molecule has 0 radical (unpaired) electrons. The second-order valence-corrected chi connectivity index (χ2v) is 9.56. The molecule has 0 aliphatic carbocycles. The molecule has 0 unspecified atom stereocenters. The van der Waals surface area contributed by atoms with E-state index in [0.717, 1.165) is 56.3 Å². The molecule has 2 heterocycles. The monoisotopic (exact) mass is 486 g/mol. The maximum atomic E-state index is 11.4. The Balaban J connectivity index is 1.53. The smallest absolute Gasteiger partial charge is 0.320 e. The van der Waals surface area contributed by atoms with Gasteiger partial charge < -0.3 is 20.1 Å². The van der Waals surface area contributed by atoms with Gasteiger partial charge in [0.1, 0.15) is 12.6 Å². The third-order valence-electron chi connectivity index (χ3n) is 6.27. The number of hydrogen-bond donors (Lipinski definition) is 2. The van der Waals surface area contributed by atoms with Gasteiger partial charge in [0, 0.05) is 45.0 Å². The lowest BCUT2D eigenvalue weighted by molar-refractivity contribution is -0.139. The summed E-state index contributed by atoms with van der Waals surface area (Å²) in [6.07, 6.45) is 6.58. The lowest BCUT2D eigenvalue weighted by Gasteiger charge is -2.39. The van der Waals surface area contributed by atoms with Crippen molar-refractivity contribution in [3.63, 3.8) is 0 Å². The molecular formula is C26H38N4O3S. The lowest BCUT2D eigenvalue weighted by Crippen LogP contribution is -2.45. The van der Waals surface area contributed by atoms with E-state index in [1.54, 1.807) is 11.8 Å². The number of nitrogens with one attached hydrogen (secondary N) is 1. The summed E-state index contributed by atoms with van der Waals surface area (Å²) in [5, 5.41) is 12.5. The van der Waals surface area contributed by atoms with E-state index in [0.29, 0.717) is 25.6 Å². The van der Waals surface area contributed by atoms with Crippen LogP contribution in [0.4, 0.5) is 5.82 Å². The van der Waals surface area contributed by atoms with Gasteiger partial charge in [-0.2, -0.15) is 11.8 Å². The lowest BCUT2D eigenvalue weighted by atomic mass is 10.0. The quantitative estimate of drug-likeness (QED) is 0.391. The molecule has 1 fully saturated rings. The summed E-state index contributed by atoms with van der Waals surface area (Å²) in [5.74, 6) is 1.64. The topological polar surface area (TPSA) is 77.9 Å². The van der Waals surface area contributed by atoms with Gasteiger partial charge in [-0.3, -0.25) is 9.69 Å². The molecule has 1 aliphatic heterocycles.